The van der Waals surface area contributed by atoms with E-state index in [1.807, 2.05) is 0 Å². The van der Waals surface area contributed by atoms with Crippen LogP contribution in [0, 0.1) is 5.82 Å². The largest absolute Gasteiger partial charge is 0.305 e. The number of Topliss-reactive ketones (excluding diaryl/α,β-unsaturated/α-hetero) is 1. The molecule has 0 N–H and O–H groups in total. The quantitative estimate of drug-likeness (QED) is 0.780. The molecule has 1 aromatic rings. The number of hydrogen-bond acceptors (Lipinski definition) is 3. The van der Waals surface area contributed by atoms with Crippen molar-refractivity contribution in [3.05, 3.63) is 35.6 Å². The Kier molecular flexibility index (Phi) is 5.88. The molecule has 1 aromatic carbocycles. The first-order chi connectivity index (χ1) is 10.1. The molecule has 21 heavy (non-hydrogen) atoms. The minimum absolute atomic E-state index is 0.0995. The number of ketones is 1. The Bertz CT molecular complexity index is 460. The van der Waals surface area contributed by atoms with Crippen molar-refractivity contribution in [2.75, 3.05) is 33.2 Å². The molecule has 1 fully saturated rings. The molecule has 0 saturated carbocycles. The van der Waals surface area contributed by atoms with Crippen LogP contribution < -0.4 is 0 Å². The lowest BCUT2D eigenvalue weighted by atomic mass is 10.1. The molecular weight excluding hydrogens is 267 g/mol. The summed E-state index contributed by atoms with van der Waals surface area (Å²) in [5, 5.41) is 0. The van der Waals surface area contributed by atoms with E-state index in [1.54, 1.807) is 12.1 Å². The van der Waals surface area contributed by atoms with E-state index in [1.165, 1.54) is 12.1 Å². The summed E-state index contributed by atoms with van der Waals surface area (Å²) in [6, 6.07) is 6.38. The highest BCUT2D eigenvalue weighted by Crippen LogP contribution is 2.14. The van der Waals surface area contributed by atoms with Gasteiger partial charge in [-0.05, 0) is 57.2 Å². The topological polar surface area (TPSA) is 23.6 Å². The van der Waals surface area contributed by atoms with E-state index in [9.17, 15) is 9.18 Å². The molecule has 3 nitrogen and oxygen atoms in total. The van der Waals surface area contributed by atoms with E-state index in [4.69, 9.17) is 0 Å². The van der Waals surface area contributed by atoms with Crippen LogP contribution in [0.2, 0.25) is 0 Å². The number of halogens is 1. The van der Waals surface area contributed by atoms with Crippen molar-refractivity contribution in [1.82, 2.24) is 9.80 Å². The Hall–Kier alpha value is -1.26. The molecule has 0 spiro atoms. The number of nitrogens with zero attached hydrogens (tertiary/aromatic N) is 2. The van der Waals surface area contributed by atoms with E-state index in [0.29, 0.717) is 18.0 Å². The van der Waals surface area contributed by atoms with Gasteiger partial charge in [-0.15, -0.1) is 0 Å². The predicted octanol–water partition coefficient (Wildman–Crippen LogP) is 2.81. The first kappa shape index (κ1) is 16.1. The van der Waals surface area contributed by atoms with Crippen molar-refractivity contribution in [3.63, 3.8) is 0 Å². The summed E-state index contributed by atoms with van der Waals surface area (Å²) in [5.74, 6) is -0.199. The van der Waals surface area contributed by atoms with E-state index >= 15 is 0 Å². The van der Waals surface area contributed by atoms with E-state index in [2.05, 4.69) is 23.8 Å². The molecule has 0 bridgehead atoms. The third-order valence-corrected chi connectivity index (χ3v) is 4.29. The van der Waals surface area contributed by atoms with Gasteiger partial charge in [0.05, 0.1) is 0 Å². The van der Waals surface area contributed by atoms with Gasteiger partial charge in [0.1, 0.15) is 5.82 Å². The second-order valence-electron chi connectivity index (χ2n) is 5.89. The van der Waals surface area contributed by atoms with Gasteiger partial charge in [-0.3, -0.25) is 9.69 Å². The van der Waals surface area contributed by atoms with E-state index in [0.717, 1.165) is 39.0 Å². The zero-order valence-corrected chi connectivity index (χ0v) is 13.0. The van der Waals surface area contributed by atoms with Crippen molar-refractivity contribution in [2.24, 2.45) is 0 Å². The Morgan fingerprint density at radius 2 is 2.00 bits per heavy atom. The zero-order valence-electron chi connectivity index (χ0n) is 13.0. The van der Waals surface area contributed by atoms with Gasteiger partial charge < -0.3 is 4.90 Å². The minimum atomic E-state index is -0.298. The van der Waals surface area contributed by atoms with Gasteiger partial charge in [0.2, 0.25) is 0 Å². The maximum atomic E-state index is 12.9. The minimum Gasteiger partial charge on any atom is -0.305 e. The lowest BCUT2D eigenvalue weighted by Gasteiger charge is -2.29. The fourth-order valence-corrected chi connectivity index (χ4v) is 3.00. The van der Waals surface area contributed by atoms with Crippen LogP contribution in [-0.4, -0.2) is 54.9 Å². The number of benzene rings is 1. The first-order valence-corrected chi connectivity index (χ1v) is 7.81. The molecule has 116 valence electrons. The average Bonchev–Trinajstić information content (AvgIpc) is 2.66. The number of hydrogen-bond donors (Lipinski definition) is 0. The van der Waals surface area contributed by atoms with Gasteiger partial charge in [-0.2, -0.15) is 0 Å². The lowest BCUT2D eigenvalue weighted by molar-refractivity contribution is 0.0948. The monoisotopic (exact) mass is 292 g/mol. The number of carbonyl (C=O) groups excluding carboxylic acids is 1. The maximum absolute atomic E-state index is 12.9. The SMILES string of the molecule is CCC1CN(C)CCCN1CCC(=O)c1ccc(F)cc1. The highest BCUT2D eigenvalue weighted by Gasteiger charge is 2.22. The summed E-state index contributed by atoms with van der Waals surface area (Å²) in [7, 11) is 2.16. The van der Waals surface area contributed by atoms with Gasteiger partial charge in [0, 0.05) is 31.1 Å². The van der Waals surface area contributed by atoms with Crippen molar-refractivity contribution in [2.45, 2.75) is 32.2 Å². The molecule has 2 rings (SSSR count). The third-order valence-electron chi connectivity index (χ3n) is 4.29. The number of rotatable bonds is 5. The van der Waals surface area contributed by atoms with Crippen LogP contribution in [0.1, 0.15) is 36.5 Å². The molecule has 1 heterocycles. The first-order valence-electron chi connectivity index (χ1n) is 7.81. The molecular formula is C17H25FN2O. The van der Waals surface area contributed by atoms with Gasteiger partial charge >= 0.3 is 0 Å². The molecule has 4 heteroatoms. The zero-order chi connectivity index (χ0) is 15.2. The predicted molar refractivity (Wildman–Crippen MR) is 83.1 cm³/mol. The lowest BCUT2D eigenvalue weighted by Crippen LogP contribution is -2.40. The van der Waals surface area contributed by atoms with Crippen molar-refractivity contribution in [3.8, 4) is 0 Å². The Labute approximate surface area is 126 Å². The molecule has 0 radical (unpaired) electrons. The highest BCUT2D eigenvalue weighted by molar-refractivity contribution is 5.96. The van der Waals surface area contributed by atoms with Crippen molar-refractivity contribution < 1.29 is 9.18 Å². The van der Waals surface area contributed by atoms with Crippen LogP contribution in [0.4, 0.5) is 4.39 Å². The molecule has 1 unspecified atom stereocenters. The highest BCUT2D eigenvalue weighted by atomic mass is 19.1. The summed E-state index contributed by atoms with van der Waals surface area (Å²) in [6.45, 7) is 6.25. The smallest absolute Gasteiger partial charge is 0.164 e. The van der Waals surface area contributed by atoms with Crippen LogP contribution in [0.3, 0.4) is 0 Å². The van der Waals surface area contributed by atoms with Crippen LogP contribution in [0.5, 0.6) is 0 Å². The van der Waals surface area contributed by atoms with Crippen LogP contribution in [0.15, 0.2) is 24.3 Å². The fourth-order valence-electron chi connectivity index (χ4n) is 3.00. The summed E-state index contributed by atoms with van der Waals surface area (Å²) >= 11 is 0. The summed E-state index contributed by atoms with van der Waals surface area (Å²) in [6.07, 6.45) is 2.76. The molecule has 0 aliphatic carbocycles. The number of carbonyl (C=O) groups is 1. The molecule has 0 amide bonds. The fraction of sp³-hybridized carbons (Fsp3) is 0.588. The summed E-state index contributed by atoms with van der Waals surface area (Å²) in [4.78, 5) is 17.0. The van der Waals surface area contributed by atoms with Gasteiger partial charge in [0.15, 0.2) is 5.78 Å². The normalized spacial score (nSPS) is 21.2. The molecule has 1 saturated heterocycles. The van der Waals surface area contributed by atoms with Crippen LogP contribution in [0.25, 0.3) is 0 Å². The molecule has 1 atom stereocenters. The van der Waals surface area contributed by atoms with Gasteiger partial charge in [-0.1, -0.05) is 6.92 Å². The standard InChI is InChI=1S/C17H25FN2O/c1-3-16-13-19(2)10-4-11-20(16)12-9-17(21)14-5-7-15(18)8-6-14/h5-8,16H,3-4,9-13H2,1-2H3. The second-order valence-corrected chi connectivity index (χ2v) is 5.89. The Morgan fingerprint density at radius 1 is 1.29 bits per heavy atom. The summed E-state index contributed by atoms with van der Waals surface area (Å²) < 4.78 is 12.9. The van der Waals surface area contributed by atoms with E-state index in [-0.39, 0.29) is 11.6 Å². The van der Waals surface area contributed by atoms with Gasteiger partial charge in [0.25, 0.3) is 0 Å². The summed E-state index contributed by atoms with van der Waals surface area (Å²) in [5.41, 5.74) is 0.608. The second kappa shape index (κ2) is 7.66. The Balaban J connectivity index is 1.91. The molecule has 0 aromatic heterocycles. The van der Waals surface area contributed by atoms with E-state index < -0.39 is 0 Å². The van der Waals surface area contributed by atoms with Crippen LogP contribution in [-0.2, 0) is 0 Å². The average molecular weight is 292 g/mol. The molecule has 1 aliphatic rings. The van der Waals surface area contributed by atoms with Crippen molar-refractivity contribution >= 4 is 5.78 Å². The Morgan fingerprint density at radius 3 is 2.67 bits per heavy atom. The van der Waals surface area contributed by atoms with Crippen LogP contribution >= 0.6 is 0 Å². The van der Waals surface area contributed by atoms with Crippen molar-refractivity contribution in [1.29, 1.82) is 0 Å². The third kappa shape index (κ3) is 4.61. The molecule has 1 aliphatic heterocycles. The van der Waals surface area contributed by atoms with Gasteiger partial charge in [-0.25, -0.2) is 4.39 Å². The number of likely N-dealkylation sites (N-methyl/N-ethyl adjacent to an activating group) is 1. The maximum Gasteiger partial charge on any atom is 0.164 e.